The van der Waals surface area contributed by atoms with Crippen molar-refractivity contribution in [1.29, 1.82) is 0 Å². The number of carbonyl (C=O) groups is 3. The van der Waals surface area contributed by atoms with E-state index in [0.29, 0.717) is 0 Å². The van der Waals surface area contributed by atoms with Crippen LogP contribution in [-0.4, -0.2) is 37.0 Å². The highest BCUT2D eigenvalue weighted by molar-refractivity contribution is 5.88. The largest absolute Gasteiger partial charge is 0.465 e. The Morgan fingerprint density at radius 3 is 2.40 bits per heavy atom. The van der Waals surface area contributed by atoms with Crippen LogP contribution in [0.15, 0.2) is 0 Å². The van der Waals surface area contributed by atoms with Gasteiger partial charge in [0.25, 0.3) is 0 Å². The van der Waals surface area contributed by atoms with Crippen LogP contribution in [0.3, 0.4) is 0 Å². The van der Waals surface area contributed by atoms with Crippen LogP contribution in [-0.2, 0) is 19.1 Å². The smallest absolute Gasteiger partial charge is 0.325 e. The number of carbonyl (C=O) groups excluding carboxylic acids is 3. The molecule has 0 rings (SSSR count). The van der Waals surface area contributed by atoms with Crippen LogP contribution in [0.25, 0.3) is 0 Å². The van der Waals surface area contributed by atoms with Gasteiger partial charge in [-0.3, -0.25) is 14.4 Å². The minimum atomic E-state index is -0.656. The fraction of sp³-hybridized carbons (Fsp3) is 0.667. The number of hydrogen-bond acceptors (Lipinski definition) is 4. The quantitative estimate of drug-likeness (QED) is 0.589. The summed E-state index contributed by atoms with van der Waals surface area (Å²) in [6.07, 6.45) is 0. The van der Waals surface area contributed by atoms with Crippen LogP contribution in [0.5, 0.6) is 0 Å². The van der Waals surface area contributed by atoms with Gasteiger partial charge in [-0.2, -0.15) is 0 Å². The van der Waals surface area contributed by atoms with Gasteiger partial charge < -0.3 is 15.4 Å². The van der Waals surface area contributed by atoms with E-state index in [-0.39, 0.29) is 19.1 Å². The Hall–Kier alpha value is -1.59. The van der Waals surface area contributed by atoms with Gasteiger partial charge in [0, 0.05) is 6.92 Å². The van der Waals surface area contributed by atoms with Gasteiger partial charge in [-0.05, 0) is 13.8 Å². The molecule has 0 bridgehead atoms. The van der Waals surface area contributed by atoms with E-state index in [1.54, 1.807) is 6.92 Å². The number of hydrogen-bond donors (Lipinski definition) is 2. The summed E-state index contributed by atoms with van der Waals surface area (Å²) in [6.45, 7) is 4.61. The predicted octanol–water partition coefficient (Wildman–Crippen LogP) is -0.810. The predicted molar refractivity (Wildman–Crippen MR) is 52.9 cm³/mol. The Balaban J connectivity index is 3.82. The first-order valence-electron chi connectivity index (χ1n) is 4.67. The van der Waals surface area contributed by atoms with Gasteiger partial charge in [0.15, 0.2) is 0 Å². The van der Waals surface area contributed by atoms with Crippen LogP contribution in [0.1, 0.15) is 20.8 Å². The van der Waals surface area contributed by atoms with E-state index in [1.807, 2.05) is 0 Å². The van der Waals surface area contributed by atoms with Gasteiger partial charge in [0.2, 0.25) is 11.8 Å². The Morgan fingerprint density at radius 1 is 1.33 bits per heavy atom. The Morgan fingerprint density at radius 2 is 1.93 bits per heavy atom. The third-order valence-electron chi connectivity index (χ3n) is 1.53. The first-order valence-corrected chi connectivity index (χ1v) is 4.67. The molecule has 0 saturated carbocycles. The molecule has 2 amide bonds. The molecule has 86 valence electrons. The van der Waals surface area contributed by atoms with Gasteiger partial charge >= 0.3 is 5.97 Å². The molecule has 0 aliphatic carbocycles. The normalized spacial score (nSPS) is 11.4. The second-order valence-corrected chi connectivity index (χ2v) is 2.95. The molecule has 0 aromatic heterocycles. The van der Waals surface area contributed by atoms with Gasteiger partial charge in [0.1, 0.15) is 12.6 Å². The van der Waals surface area contributed by atoms with Gasteiger partial charge in [-0.15, -0.1) is 0 Å². The Bertz CT molecular complexity index is 252. The summed E-state index contributed by atoms with van der Waals surface area (Å²) in [6, 6.07) is -0.656. The highest BCUT2D eigenvalue weighted by atomic mass is 16.5. The van der Waals surface area contributed by atoms with E-state index in [1.165, 1.54) is 13.8 Å². The third kappa shape index (κ3) is 6.48. The summed E-state index contributed by atoms with van der Waals surface area (Å²) in [5, 5.41) is 4.74. The molecule has 0 radical (unpaired) electrons. The van der Waals surface area contributed by atoms with E-state index in [0.717, 1.165) is 0 Å². The van der Waals surface area contributed by atoms with Gasteiger partial charge in [0.05, 0.1) is 6.61 Å². The second-order valence-electron chi connectivity index (χ2n) is 2.95. The molecule has 6 heteroatoms. The molecule has 0 aliphatic rings. The maximum Gasteiger partial charge on any atom is 0.325 e. The van der Waals surface area contributed by atoms with E-state index >= 15 is 0 Å². The van der Waals surface area contributed by atoms with E-state index in [9.17, 15) is 14.4 Å². The molecule has 0 aliphatic heterocycles. The van der Waals surface area contributed by atoms with Crippen molar-refractivity contribution in [2.45, 2.75) is 26.8 Å². The average Bonchev–Trinajstić information content (AvgIpc) is 2.13. The monoisotopic (exact) mass is 216 g/mol. The summed E-state index contributed by atoms with van der Waals surface area (Å²) in [5.41, 5.74) is 0. The molecule has 1 unspecified atom stereocenters. The summed E-state index contributed by atoms with van der Waals surface area (Å²) < 4.78 is 4.61. The van der Waals surface area contributed by atoms with Gasteiger partial charge in [-0.25, -0.2) is 0 Å². The van der Waals surface area contributed by atoms with Crippen molar-refractivity contribution in [2.75, 3.05) is 13.2 Å². The summed E-state index contributed by atoms with van der Waals surface area (Å²) in [4.78, 5) is 32.7. The van der Waals surface area contributed by atoms with Crippen molar-refractivity contribution in [2.24, 2.45) is 0 Å². The Labute approximate surface area is 88.4 Å². The van der Waals surface area contributed by atoms with Crippen molar-refractivity contribution in [3.8, 4) is 0 Å². The fourth-order valence-corrected chi connectivity index (χ4v) is 0.895. The van der Waals surface area contributed by atoms with Crippen LogP contribution in [0.2, 0.25) is 0 Å². The number of nitrogens with one attached hydrogen (secondary N) is 2. The van der Waals surface area contributed by atoms with Crippen LogP contribution < -0.4 is 10.6 Å². The number of esters is 1. The zero-order chi connectivity index (χ0) is 11.8. The van der Waals surface area contributed by atoms with Crippen molar-refractivity contribution in [3.63, 3.8) is 0 Å². The van der Waals surface area contributed by atoms with E-state index in [4.69, 9.17) is 0 Å². The third-order valence-corrected chi connectivity index (χ3v) is 1.53. The average molecular weight is 216 g/mol. The van der Waals surface area contributed by atoms with Crippen molar-refractivity contribution >= 4 is 17.8 Å². The standard InChI is InChI=1S/C9H16N2O4/c1-4-15-8(13)5-10-9(14)6(2)11-7(3)12/h6H,4-5H2,1-3H3,(H,10,14)(H,11,12). The lowest BCUT2D eigenvalue weighted by Gasteiger charge is -2.12. The molecular formula is C9H16N2O4. The molecule has 0 heterocycles. The van der Waals surface area contributed by atoms with Crippen molar-refractivity contribution in [1.82, 2.24) is 10.6 Å². The number of amides is 2. The Kier molecular flexibility index (Phi) is 6.08. The highest BCUT2D eigenvalue weighted by Gasteiger charge is 2.14. The summed E-state index contributed by atoms with van der Waals surface area (Å²) in [5.74, 6) is -1.21. The topological polar surface area (TPSA) is 84.5 Å². The first kappa shape index (κ1) is 13.4. The minimum Gasteiger partial charge on any atom is -0.465 e. The molecule has 0 saturated heterocycles. The van der Waals surface area contributed by atoms with E-state index < -0.39 is 17.9 Å². The number of ether oxygens (including phenoxy) is 1. The van der Waals surface area contributed by atoms with Crippen LogP contribution in [0.4, 0.5) is 0 Å². The zero-order valence-corrected chi connectivity index (χ0v) is 9.12. The second kappa shape index (κ2) is 6.80. The van der Waals surface area contributed by atoms with Gasteiger partial charge in [-0.1, -0.05) is 0 Å². The molecule has 6 nitrogen and oxygen atoms in total. The van der Waals surface area contributed by atoms with E-state index in [2.05, 4.69) is 15.4 Å². The molecule has 15 heavy (non-hydrogen) atoms. The lowest BCUT2D eigenvalue weighted by molar-refractivity contribution is -0.143. The molecule has 0 aromatic rings. The summed E-state index contributed by atoms with van der Waals surface area (Å²) >= 11 is 0. The highest BCUT2D eigenvalue weighted by Crippen LogP contribution is 1.82. The van der Waals surface area contributed by atoms with Crippen LogP contribution in [0, 0.1) is 0 Å². The molecular weight excluding hydrogens is 200 g/mol. The molecule has 1 atom stereocenters. The molecule has 0 aromatic carbocycles. The maximum absolute atomic E-state index is 11.3. The lowest BCUT2D eigenvalue weighted by atomic mass is 10.3. The SMILES string of the molecule is CCOC(=O)CNC(=O)C(C)NC(C)=O. The lowest BCUT2D eigenvalue weighted by Crippen LogP contribution is -2.45. The molecule has 0 spiro atoms. The van der Waals surface area contributed by atoms with Crippen molar-refractivity contribution < 1.29 is 19.1 Å². The molecule has 0 fully saturated rings. The zero-order valence-electron chi connectivity index (χ0n) is 9.12. The fourth-order valence-electron chi connectivity index (χ4n) is 0.895. The maximum atomic E-state index is 11.3. The van der Waals surface area contributed by atoms with Crippen LogP contribution >= 0.6 is 0 Å². The molecule has 2 N–H and O–H groups in total. The first-order chi connectivity index (χ1) is 6.97. The minimum absolute atomic E-state index is 0.184. The van der Waals surface area contributed by atoms with Crippen molar-refractivity contribution in [3.05, 3.63) is 0 Å². The number of rotatable bonds is 5. The summed E-state index contributed by atoms with van der Waals surface area (Å²) in [7, 11) is 0.